The van der Waals surface area contributed by atoms with Gasteiger partial charge in [-0.05, 0) is 30.5 Å². The second-order valence-electron chi connectivity index (χ2n) is 10.9. The summed E-state index contributed by atoms with van der Waals surface area (Å²) in [5, 5.41) is 52.0. The van der Waals surface area contributed by atoms with Gasteiger partial charge in [-0.3, -0.25) is 14.4 Å². The fourth-order valence-electron chi connectivity index (χ4n) is 4.67. The number of aliphatic hydroxyl groups excluding tert-OH is 4. The highest BCUT2D eigenvalue weighted by atomic mass is 16.7. The van der Waals surface area contributed by atoms with Crippen LogP contribution in [0.3, 0.4) is 0 Å². The molecule has 1 saturated heterocycles. The Morgan fingerprint density at radius 1 is 0.938 bits per heavy atom. The van der Waals surface area contributed by atoms with Crippen molar-refractivity contribution in [2.24, 2.45) is 0 Å². The number of carbonyl (C=O) groups is 4. The van der Waals surface area contributed by atoms with Crippen LogP contribution in [0.15, 0.2) is 30.4 Å². The smallest absolute Gasteiger partial charge is 0.335 e. The Bertz CT molecular complexity index is 1240. The lowest BCUT2D eigenvalue weighted by Crippen LogP contribution is -2.61. The van der Waals surface area contributed by atoms with Crippen molar-refractivity contribution in [1.29, 1.82) is 0 Å². The summed E-state index contributed by atoms with van der Waals surface area (Å²) in [6.45, 7) is 3.56. The maximum Gasteiger partial charge on any atom is 0.335 e. The molecule has 0 radical (unpaired) electrons. The molecule has 0 bridgehead atoms. The molecular weight excluding hydrogens is 640 g/mol. The maximum absolute atomic E-state index is 11.9. The minimum atomic E-state index is -1.86. The monoisotopic (exact) mass is 684 g/mol. The van der Waals surface area contributed by atoms with Crippen molar-refractivity contribution in [2.45, 2.75) is 69.7 Å². The number of aliphatic hydroxyl groups is 4. The summed E-state index contributed by atoms with van der Waals surface area (Å²) in [5.74, 6) is -2.52. The van der Waals surface area contributed by atoms with Gasteiger partial charge in [-0.2, -0.15) is 0 Å². The first-order chi connectivity index (χ1) is 23.0. The average molecular weight is 685 g/mol. The molecular formula is C31H44N2O15. The number of ether oxygens (including phenoxy) is 6. The molecule has 1 unspecified atom stereocenters. The van der Waals surface area contributed by atoms with Gasteiger partial charge < -0.3 is 64.2 Å². The number of aliphatic carboxylic acids is 1. The summed E-state index contributed by atoms with van der Waals surface area (Å²) in [6, 6.07) is 5.06. The summed E-state index contributed by atoms with van der Waals surface area (Å²) >= 11 is 0. The average Bonchev–Trinajstić information content (AvgIpc) is 3.37. The normalized spacial score (nSPS) is 23.7. The van der Waals surface area contributed by atoms with Crippen LogP contribution in [0.5, 0.6) is 5.75 Å². The second-order valence-corrected chi connectivity index (χ2v) is 10.9. The first kappa shape index (κ1) is 38.8. The quantitative estimate of drug-likeness (QED) is 0.0620. The van der Waals surface area contributed by atoms with Crippen LogP contribution < -0.4 is 10.1 Å². The summed E-state index contributed by atoms with van der Waals surface area (Å²) < 4.78 is 32.5. The van der Waals surface area contributed by atoms with Gasteiger partial charge in [0.15, 0.2) is 6.10 Å². The molecule has 1 fully saturated rings. The number of hydrogen-bond acceptors (Lipinski definition) is 14. The molecule has 0 aliphatic carbocycles. The van der Waals surface area contributed by atoms with Gasteiger partial charge in [0.2, 0.25) is 18.1 Å². The van der Waals surface area contributed by atoms with Gasteiger partial charge in [0.05, 0.1) is 33.0 Å². The van der Waals surface area contributed by atoms with Crippen LogP contribution in [0.1, 0.15) is 30.9 Å². The molecule has 48 heavy (non-hydrogen) atoms. The van der Waals surface area contributed by atoms with Crippen LogP contribution in [0, 0.1) is 0 Å². The summed E-state index contributed by atoms with van der Waals surface area (Å²) in [4.78, 5) is 47.4. The number of benzene rings is 1. The number of carboxylic acids is 1. The van der Waals surface area contributed by atoms with E-state index in [2.05, 4.69) is 5.32 Å². The Balaban J connectivity index is 1.29. The molecule has 6 atom stereocenters. The SMILES string of the molecule is CC(=O)OCc1ccc(CCCOCCOCCOCCNC(=O)CCN2C(=O)C=CC2O)cc1O[C@@H]1O[C@H](C(=O)O)[C@@H](O)[C@H](O)[C@H]1O. The molecule has 0 aromatic heterocycles. The molecule has 17 heteroatoms. The second kappa shape index (κ2) is 20.0. The molecule has 0 spiro atoms. The third-order valence-corrected chi connectivity index (χ3v) is 7.28. The minimum absolute atomic E-state index is 0.0720. The zero-order valence-electron chi connectivity index (χ0n) is 26.6. The molecule has 0 saturated carbocycles. The van der Waals surface area contributed by atoms with E-state index in [4.69, 9.17) is 28.4 Å². The molecule has 2 heterocycles. The highest BCUT2D eigenvalue weighted by Crippen LogP contribution is 2.29. The first-order valence-electron chi connectivity index (χ1n) is 15.5. The van der Waals surface area contributed by atoms with Gasteiger partial charge in [0.25, 0.3) is 0 Å². The van der Waals surface area contributed by atoms with E-state index in [0.717, 1.165) is 5.56 Å². The Morgan fingerprint density at radius 2 is 1.62 bits per heavy atom. The van der Waals surface area contributed by atoms with E-state index < -0.39 is 48.9 Å². The van der Waals surface area contributed by atoms with E-state index in [1.807, 2.05) is 0 Å². The number of amides is 2. The Morgan fingerprint density at radius 3 is 2.27 bits per heavy atom. The van der Waals surface area contributed by atoms with Gasteiger partial charge in [0.1, 0.15) is 36.9 Å². The van der Waals surface area contributed by atoms with Crippen molar-refractivity contribution in [3.63, 3.8) is 0 Å². The van der Waals surface area contributed by atoms with Crippen LogP contribution in [0.4, 0.5) is 0 Å². The number of nitrogens with one attached hydrogen (secondary N) is 1. The molecule has 1 aromatic rings. The number of nitrogens with zero attached hydrogens (tertiary/aromatic N) is 1. The molecule has 268 valence electrons. The summed E-state index contributed by atoms with van der Waals surface area (Å²) in [5.41, 5.74) is 1.20. The van der Waals surface area contributed by atoms with Crippen molar-refractivity contribution in [1.82, 2.24) is 10.2 Å². The van der Waals surface area contributed by atoms with E-state index in [0.29, 0.717) is 58.0 Å². The van der Waals surface area contributed by atoms with Crippen molar-refractivity contribution in [3.8, 4) is 5.75 Å². The van der Waals surface area contributed by atoms with Crippen molar-refractivity contribution in [3.05, 3.63) is 41.5 Å². The standard InChI is InChI=1S/C31H44N2O15/c1-19(34)46-18-21-5-4-20(17-22(21)47-31-28(40)26(38)27(39)29(48-31)30(41)42)3-2-11-43-13-15-45-16-14-44-12-9-32-23(35)8-10-33-24(36)6-7-25(33)37/h4-7,17,24,26-29,31,36,38-40H,2-3,8-16,18H2,1H3,(H,32,35)(H,41,42)/t24?,26-,27-,28+,29-,31+/m0/s1. The predicted octanol–water partition coefficient (Wildman–Crippen LogP) is -1.77. The van der Waals surface area contributed by atoms with Crippen molar-refractivity contribution >= 4 is 23.8 Å². The molecule has 2 aliphatic heterocycles. The fraction of sp³-hybridized carbons (Fsp3) is 0.613. The van der Waals surface area contributed by atoms with Crippen LogP contribution >= 0.6 is 0 Å². The molecule has 1 aromatic carbocycles. The number of carboxylic acid groups (broad SMARTS) is 1. The predicted molar refractivity (Wildman–Crippen MR) is 162 cm³/mol. The van der Waals surface area contributed by atoms with Crippen LogP contribution in [0.2, 0.25) is 0 Å². The van der Waals surface area contributed by atoms with Gasteiger partial charge >= 0.3 is 11.9 Å². The zero-order chi connectivity index (χ0) is 35.1. The fourth-order valence-corrected chi connectivity index (χ4v) is 4.67. The molecule has 2 amide bonds. The summed E-state index contributed by atoms with van der Waals surface area (Å²) in [6.07, 6.45) is -6.02. The van der Waals surface area contributed by atoms with Crippen LogP contribution in [-0.4, -0.2) is 144 Å². The highest BCUT2D eigenvalue weighted by Gasteiger charge is 2.48. The number of aryl methyl sites for hydroxylation is 1. The Hall–Kier alpha value is -3.68. The first-order valence-corrected chi connectivity index (χ1v) is 15.5. The van der Waals surface area contributed by atoms with Gasteiger partial charge in [0, 0.05) is 44.7 Å². The number of carbonyl (C=O) groups excluding carboxylic acids is 3. The maximum atomic E-state index is 11.9. The van der Waals surface area contributed by atoms with E-state index in [9.17, 15) is 44.7 Å². The molecule has 2 aliphatic rings. The third kappa shape index (κ3) is 12.4. The van der Waals surface area contributed by atoms with E-state index in [-0.39, 0.29) is 43.7 Å². The number of esters is 1. The lowest BCUT2D eigenvalue weighted by Gasteiger charge is -2.38. The lowest BCUT2D eigenvalue weighted by atomic mass is 9.99. The van der Waals surface area contributed by atoms with Crippen LogP contribution in [-0.2, 0) is 55.9 Å². The molecule has 3 rings (SSSR count). The minimum Gasteiger partial charge on any atom is -0.479 e. The Kier molecular flexibility index (Phi) is 16.1. The third-order valence-electron chi connectivity index (χ3n) is 7.28. The largest absolute Gasteiger partial charge is 0.479 e. The van der Waals surface area contributed by atoms with E-state index >= 15 is 0 Å². The lowest BCUT2D eigenvalue weighted by molar-refractivity contribution is -0.271. The topological polar surface area (TPSA) is 240 Å². The van der Waals surface area contributed by atoms with Crippen LogP contribution in [0.25, 0.3) is 0 Å². The molecule has 6 N–H and O–H groups in total. The molecule has 17 nitrogen and oxygen atoms in total. The number of hydrogen-bond donors (Lipinski definition) is 6. The van der Waals surface area contributed by atoms with Gasteiger partial charge in [-0.1, -0.05) is 12.1 Å². The zero-order valence-corrected chi connectivity index (χ0v) is 26.6. The Labute approximate surface area is 276 Å². The summed E-state index contributed by atoms with van der Waals surface area (Å²) in [7, 11) is 0. The van der Waals surface area contributed by atoms with E-state index in [1.165, 1.54) is 24.0 Å². The van der Waals surface area contributed by atoms with E-state index in [1.54, 1.807) is 18.2 Å². The van der Waals surface area contributed by atoms with Gasteiger partial charge in [-0.15, -0.1) is 0 Å². The highest BCUT2D eigenvalue weighted by molar-refractivity contribution is 5.90. The van der Waals surface area contributed by atoms with Gasteiger partial charge in [-0.25, -0.2) is 4.79 Å². The van der Waals surface area contributed by atoms with Crippen molar-refractivity contribution in [2.75, 3.05) is 52.7 Å². The van der Waals surface area contributed by atoms with Crippen molar-refractivity contribution < 1.29 is 73.1 Å². The number of rotatable bonds is 21.